The summed E-state index contributed by atoms with van der Waals surface area (Å²) in [6, 6.07) is 0. The third-order valence-electron chi connectivity index (χ3n) is 2.90. The highest BCUT2D eigenvalue weighted by Crippen LogP contribution is 2.41. The van der Waals surface area contributed by atoms with E-state index >= 15 is 0 Å². The molecule has 1 aromatic rings. The van der Waals surface area contributed by atoms with Gasteiger partial charge in [0.05, 0.1) is 12.7 Å². The van der Waals surface area contributed by atoms with Crippen molar-refractivity contribution in [2.45, 2.75) is 31.8 Å². The van der Waals surface area contributed by atoms with Crippen molar-refractivity contribution in [3.63, 3.8) is 0 Å². The fourth-order valence-electron chi connectivity index (χ4n) is 1.89. The normalized spacial score (nSPS) is 16.3. The van der Waals surface area contributed by atoms with Crippen LogP contribution in [0, 0.1) is 0 Å². The van der Waals surface area contributed by atoms with Crippen molar-refractivity contribution in [3.8, 4) is 0 Å². The standard InChI is InChI=1S/C11H20N4/c1-14(2)5-6-15-11(9-3-4-9)10(7-12)8-13-15/h8-9H,3-7,12H2,1-2H3. The van der Waals surface area contributed by atoms with Crippen LogP contribution in [0.15, 0.2) is 6.20 Å². The molecule has 84 valence electrons. The van der Waals surface area contributed by atoms with E-state index in [1.54, 1.807) is 0 Å². The molecule has 4 heteroatoms. The van der Waals surface area contributed by atoms with Crippen LogP contribution in [0.1, 0.15) is 30.0 Å². The Balaban J connectivity index is 2.11. The van der Waals surface area contributed by atoms with Gasteiger partial charge in [-0.25, -0.2) is 0 Å². The molecule has 0 aromatic carbocycles. The van der Waals surface area contributed by atoms with Gasteiger partial charge in [0.15, 0.2) is 0 Å². The second-order valence-corrected chi connectivity index (χ2v) is 4.56. The van der Waals surface area contributed by atoms with Crippen LogP contribution in [-0.4, -0.2) is 35.3 Å². The molecule has 15 heavy (non-hydrogen) atoms. The molecule has 0 radical (unpaired) electrons. The zero-order valence-electron chi connectivity index (χ0n) is 9.61. The van der Waals surface area contributed by atoms with Gasteiger partial charge in [-0.05, 0) is 26.9 Å². The Morgan fingerprint density at radius 2 is 2.27 bits per heavy atom. The van der Waals surface area contributed by atoms with Crippen molar-refractivity contribution >= 4 is 0 Å². The molecular formula is C11H20N4. The number of hydrogen-bond donors (Lipinski definition) is 1. The van der Waals surface area contributed by atoms with Crippen molar-refractivity contribution in [3.05, 3.63) is 17.5 Å². The van der Waals surface area contributed by atoms with Crippen LogP contribution in [0.3, 0.4) is 0 Å². The second-order valence-electron chi connectivity index (χ2n) is 4.56. The van der Waals surface area contributed by atoms with E-state index < -0.39 is 0 Å². The molecule has 0 amide bonds. The molecule has 0 unspecified atom stereocenters. The summed E-state index contributed by atoms with van der Waals surface area (Å²) in [7, 11) is 4.17. The van der Waals surface area contributed by atoms with Gasteiger partial charge >= 0.3 is 0 Å². The Labute approximate surface area is 91.1 Å². The number of likely N-dealkylation sites (N-methyl/N-ethyl adjacent to an activating group) is 1. The first-order chi connectivity index (χ1) is 7.22. The lowest BCUT2D eigenvalue weighted by Crippen LogP contribution is -2.20. The highest BCUT2D eigenvalue weighted by Gasteiger charge is 2.29. The van der Waals surface area contributed by atoms with Crippen LogP contribution >= 0.6 is 0 Å². The molecule has 1 aliphatic carbocycles. The minimum Gasteiger partial charge on any atom is -0.326 e. The summed E-state index contributed by atoms with van der Waals surface area (Å²) >= 11 is 0. The highest BCUT2D eigenvalue weighted by molar-refractivity contribution is 5.25. The molecule has 1 saturated carbocycles. The van der Waals surface area contributed by atoms with Crippen molar-refractivity contribution in [1.29, 1.82) is 0 Å². The first-order valence-corrected chi connectivity index (χ1v) is 5.61. The summed E-state index contributed by atoms with van der Waals surface area (Å²) in [4.78, 5) is 2.18. The third kappa shape index (κ3) is 2.38. The molecule has 0 saturated heterocycles. The Morgan fingerprint density at radius 1 is 1.53 bits per heavy atom. The summed E-state index contributed by atoms with van der Waals surface area (Å²) < 4.78 is 2.14. The van der Waals surface area contributed by atoms with Gasteiger partial charge in [-0.1, -0.05) is 0 Å². The van der Waals surface area contributed by atoms with Gasteiger partial charge in [0.1, 0.15) is 0 Å². The van der Waals surface area contributed by atoms with Crippen molar-refractivity contribution in [2.24, 2.45) is 5.73 Å². The highest BCUT2D eigenvalue weighted by atomic mass is 15.3. The van der Waals surface area contributed by atoms with Gasteiger partial charge in [-0.3, -0.25) is 4.68 Å². The molecule has 1 aliphatic rings. The number of hydrogen-bond acceptors (Lipinski definition) is 3. The Hall–Kier alpha value is -0.870. The average Bonchev–Trinajstić information content (AvgIpc) is 2.96. The van der Waals surface area contributed by atoms with Crippen molar-refractivity contribution in [1.82, 2.24) is 14.7 Å². The second kappa shape index (κ2) is 4.33. The summed E-state index contributed by atoms with van der Waals surface area (Å²) in [5.74, 6) is 0.730. The van der Waals surface area contributed by atoms with E-state index in [1.807, 2.05) is 6.20 Å². The summed E-state index contributed by atoms with van der Waals surface area (Å²) in [5.41, 5.74) is 8.34. The molecule has 1 aromatic heterocycles. The van der Waals surface area contributed by atoms with E-state index in [1.165, 1.54) is 24.1 Å². The van der Waals surface area contributed by atoms with Crippen molar-refractivity contribution in [2.75, 3.05) is 20.6 Å². The van der Waals surface area contributed by atoms with E-state index in [9.17, 15) is 0 Å². The lowest BCUT2D eigenvalue weighted by molar-refractivity contribution is 0.369. The van der Waals surface area contributed by atoms with Crippen LogP contribution < -0.4 is 5.73 Å². The first kappa shape index (κ1) is 10.6. The molecular weight excluding hydrogens is 188 g/mol. The monoisotopic (exact) mass is 208 g/mol. The maximum atomic E-state index is 5.72. The summed E-state index contributed by atoms with van der Waals surface area (Å²) in [6.07, 6.45) is 4.55. The smallest absolute Gasteiger partial charge is 0.0539 e. The number of nitrogens with two attached hydrogens (primary N) is 1. The molecule has 1 heterocycles. The van der Waals surface area contributed by atoms with E-state index in [0.717, 1.165) is 19.0 Å². The van der Waals surface area contributed by atoms with Gasteiger partial charge in [-0.2, -0.15) is 5.10 Å². The topological polar surface area (TPSA) is 47.1 Å². The molecule has 2 rings (SSSR count). The van der Waals surface area contributed by atoms with Crippen LogP contribution in [0.25, 0.3) is 0 Å². The minimum absolute atomic E-state index is 0.619. The zero-order chi connectivity index (χ0) is 10.8. The molecule has 1 fully saturated rings. The lowest BCUT2D eigenvalue weighted by Gasteiger charge is -2.12. The maximum absolute atomic E-state index is 5.72. The Morgan fingerprint density at radius 3 is 2.80 bits per heavy atom. The maximum Gasteiger partial charge on any atom is 0.0539 e. The van der Waals surface area contributed by atoms with E-state index in [-0.39, 0.29) is 0 Å². The number of aromatic nitrogens is 2. The van der Waals surface area contributed by atoms with E-state index in [4.69, 9.17) is 5.73 Å². The first-order valence-electron chi connectivity index (χ1n) is 5.61. The molecule has 0 bridgehead atoms. The SMILES string of the molecule is CN(C)CCn1ncc(CN)c1C1CC1. The lowest BCUT2D eigenvalue weighted by atomic mass is 10.2. The van der Waals surface area contributed by atoms with Gasteiger partial charge < -0.3 is 10.6 Å². The molecule has 4 nitrogen and oxygen atoms in total. The largest absolute Gasteiger partial charge is 0.326 e. The molecule has 0 atom stereocenters. The Bertz CT molecular complexity index is 325. The predicted molar refractivity (Wildman–Crippen MR) is 60.6 cm³/mol. The van der Waals surface area contributed by atoms with Crippen LogP contribution in [0.2, 0.25) is 0 Å². The van der Waals surface area contributed by atoms with Gasteiger partial charge in [-0.15, -0.1) is 0 Å². The summed E-state index contributed by atoms with van der Waals surface area (Å²) in [6.45, 7) is 2.62. The van der Waals surface area contributed by atoms with Crippen molar-refractivity contribution < 1.29 is 0 Å². The zero-order valence-corrected chi connectivity index (χ0v) is 9.61. The molecule has 2 N–H and O–H groups in total. The number of nitrogens with zero attached hydrogens (tertiary/aromatic N) is 3. The fourth-order valence-corrected chi connectivity index (χ4v) is 1.89. The fraction of sp³-hybridized carbons (Fsp3) is 0.727. The van der Waals surface area contributed by atoms with Crippen LogP contribution in [0.4, 0.5) is 0 Å². The van der Waals surface area contributed by atoms with Crippen LogP contribution in [-0.2, 0) is 13.1 Å². The van der Waals surface area contributed by atoms with Crippen LogP contribution in [0.5, 0.6) is 0 Å². The quantitative estimate of drug-likeness (QED) is 0.778. The third-order valence-corrected chi connectivity index (χ3v) is 2.90. The van der Waals surface area contributed by atoms with Gasteiger partial charge in [0.25, 0.3) is 0 Å². The summed E-state index contributed by atoms with van der Waals surface area (Å²) in [5, 5.41) is 4.43. The molecule has 0 aliphatic heterocycles. The Kier molecular flexibility index (Phi) is 3.07. The molecule has 0 spiro atoms. The van der Waals surface area contributed by atoms with Gasteiger partial charge in [0, 0.05) is 30.3 Å². The van der Waals surface area contributed by atoms with Gasteiger partial charge in [0.2, 0.25) is 0 Å². The van der Waals surface area contributed by atoms with E-state index in [2.05, 4.69) is 28.8 Å². The predicted octanol–water partition coefficient (Wildman–Crippen LogP) is 0.781. The van der Waals surface area contributed by atoms with E-state index in [0.29, 0.717) is 6.54 Å². The number of rotatable bonds is 5. The minimum atomic E-state index is 0.619. The average molecular weight is 208 g/mol.